The minimum Gasteiger partial charge on any atom is -0.318 e. The van der Waals surface area contributed by atoms with Crippen molar-refractivity contribution in [2.45, 2.75) is 27.7 Å². The van der Waals surface area contributed by atoms with Gasteiger partial charge in [0.1, 0.15) is 5.04 Å². The number of carbonyl (C=O) groups is 1. The number of amidine groups is 2. The van der Waals surface area contributed by atoms with Crippen LogP contribution in [0.15, 0.2) is 46.0 Å². The Balaban J connectivity index is 1.74. The van der Waals surface area contributed by atoms with Crippen molar-refractivity contribution in [3.8, 4) is 5.69 Å². The van der Waals surface area contributed by atoms with E-state index in [1.165, 1.54) is 16.8 Å². The molecule has 0 spiro atoms. The summed E-state index contributed by atoms with van der Waals surface area (Å²) in [4.78, 5) is 16.8. The number of benzene rings is 1. The lowest BCUT2D eigenvalue weighted by atomic mass is 10.1. The van der Waals surface area contributed by atoms with E-state index in [2.05, 4.69) is 14.7 Å². The highest BCUT2D eigenvalue weighted by Crippen LogP contribution is 2.31. The lowest BCUT2D eigenvalue weighted by molar-refractivity contribution is -0.114. The SMILES string of the molecule is Cc1cc(C=C2C(=N)N3N=C(C(C)C)SC3=NC2=O)c(C)n1-c1ccc(Cl)cc1. The van der Waals surface area contributed by atoms with Crippen LogP contribution in [0.5, 0.6) is 0 Å². The van der Waals surface area contributed by atoms with E-state index >= 15 is 0 Å². The van der Waals surface area contributed by atoms with Gasteiger partial charge >= 0.3 is 0 Å². The molecule has 148 valence electrons. The molecule has 8 heteroatoms. The highest BCUT2D eigenvalue weighted by atomic mass is 35.5. The molecule has 29 heavy (non-hydrogen) atoms. The van der Waals surface area contributed by atoms with Crippen LogP contribution >= 0.6 is 23.4 Å². The third-order valence-corrected chi connectivity index (χ3v) is 6.28. The first-order chi connectivity index (χ1) is 13.8. The second kappa shape index (κ2) is 7.31. The molecule has 0 aliphatic carbocycles. The summed E-state index contributed by atoms with van der Waals surface area (Å²) in [5, 5.41) is 16.4. The van der Waals surface area contributed by atoms with Gasteiger partial charge in [0.25, 0.3) is 5.91 Å². The number of aryl methyl sites for hydroxylation is 1. The average molecular weight is 426 g/mol. The van der Waals surface area contributed by atoms with Gasteiger partial charge in [0.15, 0.2) is 5.84 Å². The lowest BCUT2D eigenvalue weighted by Gasteiger charge is -2.20. The maximum absolute atomic E-state index is 12.6. The summed E-state index contributed by atoms with van der Waals surface area (Å²) in [7, 11) is 0. The van der Waals surface area contributed by atoms with Gasteiger partial charge in [-0.3, -0.25) is 10.2 Å². The molecule has 0 fully saturated rings. The highest BCUT2D eigenvalue weighted by molar-refractivity contribution is 8.27. The molecule has 1 N–H and O–H groups in total. The summed E-state index contributed by atoms with van der Waals surface area (Å²) in [5.74, 6) is -0.147. The number of fused-ring (bicyclic) bond motifs is 1. The summed E-state index contributed by atoms with van der Waals surface area (Å²) in [6.45, 7) is 8.04. The Morgan fingerprint density at radius 3 is 2.55 bits per heavy atom. The molecule has 1 aromatic carbocycles. The molecule has 2 aliphatic heterocycles. The van der Waals surface area contributed by atoms with E-state index < -0.39 is 5.91 Å². The number of amides is 1. The predicted octanol–water partition coefficient (Wildman–Crippen LogP) is 5.02. The first-order valence-corrected chi connectivity index (χ1v) is 10.4. The minimum atomic E-state index is -0.412. The summed E-state index contributed by atoms with van der Waals surface area (Å²) in [5.41, 5.74) is 4.08. The number of nitrogens with one attached hydrogen (secondary N) is 1. The number of aromatic nitrogens is 1. The molecule has 2 aliphatic rings. The largest absolute Gasteiger partial charge is 0.318 e. The zero-order valence-corrected chi connectivity index (χ0v) is 18.1. The fourth-order valence-corrected chi connectivity index (χ4v) is 4.34. The van der Waals surface area contributed by atoms with Crippen molar-refractivity contribution < 1.29 is 4.79 Å². The van der Waals surface area contributed by atoms with Gasteiger partial charge in [-0.15, -0.1) is 0 Å². The van der Waals surface area contributed by atoms with Gasteiger partial charge in [0.05, 0.1) is 5.57 Å². The number of carbonyl (C=O) groups excluding carboxylic acids is 1. The minimum absolute atomic E-state index is 0.0550. The Kier molecular flexibility index (Phi) is 4.96. The van der Waals surface area contributed by atoms with E-state index in [0.29, 0.717) is 10.2 Å². The van der Waals surface area contributed by atoms with Crippen molar-refractivity contribution in [3.63, 3.8) is 0 Å². The van der Waals surface area contributed by atoms with Crippen molar-refractivity contribution in [3.05, 3.63) is 57.9 Å². The second-order valence-corrected chi connectivity index (χ2v) is 8.68. The molecule has 2 aromatic rings. The third kappa shape index (κ3) is 3.45. The maximum Gasteiger partial charge on any atom is 0.283 e. The number of aliphatic imine (C=N–C) groups is 1. The average Bonchev–Trinajstić information content (AvgIpc) is 3.21. The van der Waals surface area contributed by atoms with Crippen molar-refractivity contribution in [2.75, 3.05) is 0 Å². The van der Waals surface area contributed by atoms with Crippen molar-refractivity contribution in [1.82, 2.24) is 9.58 Å². The standard InChI is InChI=1S/C21H20ClN5OS/c1-11(2)20-25-27-18(23)17(19(28)24-21(27)29-20)10-14-9-12(3)26(13(14)4)16-7-5-15(22)6-8-16/h5-11,23H,1-4H3. The van der Waals surface area contributed by atoms with Gasteiger partial charge in [-0.1, -0.05) is 25.4 Å². The van der Waals surface area contributed by atoms with Crippen LogP contribution in [-0.2, 0) is 4.79 Å². The summed E-state index contributed by atoms with van der Waals surface area (Å²) < 4.78 is 2.09. The van der Waals surface area contributed by atoms with Crippen LogP contribution in [0.1, 0.15) is 30.8 Å². The normalized spacial score (nSPS) is 17.9. The van der Waals surface area contributed by atoms with Crippen molar-refractivity contribution in [1.29, 1.82) is 5.41 Å². The fourth-order valence-electron chi connectivity index (χ4n) is 3.32. The first-order valence-electron chi connectivity index (χ1n) is 9.21. The zero-order chi connectivity index (χ0) is 20.9. The van der Waals surface area contributed by atoms with Crippen LogP contribution in [0.2, 0.25) is 5.02 Å². The van der Waals surface area contributed by atoms with E-state index in [4.69, 9.17) is 17.0 Å². The number of nitrogens with zero attached hydrogens (tertiary/aromatic N) is 4. The van der Waals surface area contributed by atoms with Crippen LogP contribution in [0.4, 0.5) is 0 Å². The summed E-state index contributed by atoms with van der Waals surface area (Å²) in [6.07, 6.45) is 1.73. The van der Waals surface area contributed by atoms with E-state index in [-0.39, 0.29) is 17.3 Å². The quantitative estimate of drug-likeness (QED) is 0.701. The first kappa shape index (κ1) is 19.7. The number of hydrazone groups is 1. The predicted molar refractivity (Wildman–Crippen MR) is 120 cm³/mol. The number of thioether (sulfide) groups is 1. The Labute approximate surface area is 178 Å². The molecule has 0 unspecified atom stereocenters. The lowest BCUT2D eigenvalue weighted by Crippen LogP contribution is -2.35. The molecular weight excluding hydrogens is 406 g/mol. The molecule has 0 atom stereocenters. The number of rotatable bonds is 3. The van der Waals surface area contributed by atoms with Gasteiger partial charge in [-0.2, -0.15) is 15.1 Å². The molecular formula is C21H20ClN5OS. The third-order valence-electron chi connectivity index (χ3n) is 4.82. The summed E-state index contributed by atoms with van der Waals surface area (Å²) >= 11 is 7.36. The topological polar surface area (TPSA) is 73.8 Å². The van der Waals surface area contributed by atoms with Gasteiger partial charge in [0.2, 0.25) is 5.17 Å². The second-order valence-electron chi connectivity index (χ2n) is 7.25. The van der Waals surface area contributed by atoms with Crippen molar-refractivity contribution in [2.24, 2.45) is 16.0 Å². The van der Waals surface area contributed by atoms with Crippen LogP contribution in [-0.4, -0.2) is 31.5 Å². The van der Waals surface area contributed by atoms with Gasteiger partial charge in [-0.05, 0) is 67.6 Å². The molecule has 0 radical (unpaired) electrons. The van der Waals surface area contributed by atoms with E-state index in [1.807, 2.05) is 58.0 Å². The smallest absolute Gasteiger partial charge is 0.283 e. The number of halogens is 1. The van der Waals surface area contributed by atoms with Crippen LogP contribution < -0.4 is 0 Å². The fraction of sp³-hybridized carbons (Fsp3) is 0.238. The molecule has 1 amide bonds. The van der Waals surface area contributed by atoms with E-state index in [9.17, 15) is 4.79 Å². The summed E-state index contributed by atoms with van der Waals surface area (Å²) in [6, 6.07) is 9.60. The molecule has 3 heterocycles. The van der Waals surface area contributed by atoms with Gasteiger partial charge in [-0.25, -0.2) is 0 Å². The Hall–Kier alpha value is -2.64. The van der Waals surface area contributed by atoms with Crippen LogP contribution in [0.25, 0.3) is 11.8 Å². The molecule has 0 bridgehead atoms. The monoisotopic (exact) mass is 425 g/mol. The highest BCUT2D eigenvalue weighted by Gasteiger charge is 2.36. The number of hydrogen-bond acceptors (Lipinski definition) is 4. The molecule has 0 saturated carbocycles. The Morgan fingerprint density at radius 1 is 1.21 bits per heavy atom. The Bertz CT molecular complexity index is 1120. The van der Waals surface area contributed by atoms with Gasteiger partial charge in [0, 0.05) is 28.0 Å². The zero-order valence-electron chi connectivity index (χ0n) is 16.5. The molecule has 6 nitrogen and oxygen atoms in total. The molecule has 1 aromatic heterocycles. The molecule has 4 rings (SSSR count). The molecule has 0 saturated heterocycles. The van der Waals surface area contributed by atoms with E-state index in [0.717, 1.165) is 27.7 Å². The van der Waals surface area contributed by atoms with Crippen LogP contribution in [0.3, 0.4) is 0 Å². The van der Waals surface area contributed by atoms with E-state index in [1.54, 1.807) is 6.08 Å². The van der Waals surface area contributed by atoms with Crippen molar-refractivity contribution >= 4 is 51.4 Å². The number of hydrogen-bond donors (Lipinski definition) is 1. The maximum atomic E-state index is 12.6. The Morgan fingerprint density at radius 2 is 1.90 bits per heavy atom. The van der Waals surface area contributed by atoms with Gasteiger partial charge < -0.3 is 4.57 Å². The van der Waals surface area contributed by atoms with Crippen LogP contribution in [0, 0.1) is 25.2 Å².